The lowest BCUT2D eigenvalue weighted by molar-refractivity contribution is 0.113. The monoisotopic (exact) mass is 362 g/mol. The number of thiophene rings is 1. The maximum Gasteiger partial charge on any atom is 0.319 e. The van der Waals surface area contributed by atoms with Gasteiger partial charge in [-0.1, -0.05) is 6.07 Å². The number of halogens is 1. The fraction of sp³-hybridized carbons (Fsp3) is 0.389. The molecule has 3 rings (SSSR count). The van der Waals surface area contributed by atoms with Crippen molar-refractivity contribution in [2.24, 2.45) is 0 Å². The molecule has 1 aliphatic heterocycles. The minimum Gasteiger partial charge on any atom is -0.336 e. The predicted octanol–water partition coefficient (Wildman–Crippen LogP) is 3.00. The smallest absolute Gasteiger partial charge is 0.319 e. The average Bonchev–Trinajstić information content (AvgIpc) is 3.13. The van der Waals surface area contributed by atoms with Gasteiger partial charge in [-0.3, -0.25) is 4.90 Å². The molecule has 1 saturated heterocycles. The third kappa shape index (κ3) is 5.01. The molecule has 0 saturated carbocycles. The number of nitrogens with zero attached hydrogens (tertiary/aromatic N) is 2. The Hall–Kier alpha value is -1.96. The number of benzene rings is 1. The van der Waals surface area contributed by atoms with Crippen LogP contribution in [0.3, 0.4) is 0 Å². The summed E-state index contributed by atoms with van der Waals surface area (Å²) >= 11 is 1.71. The summed E-state index contributed by atoms with van der Waals surface area (Å²) in [6.07, 6.45) is 0. The fourth-order valence-electron chi connectivity index (χ4n) is 2.92. The van der Waals surface area contributed by atoms with E-state index in [1.54, 1.807) is 23.5 Å². The number of anilines is 1. The lowest BCUT2D eigenvalue weighted by Crippen LogP contribution is -2.48. The number of amides is 2. The number of piperazine rings is 1. The summed E-state index contributed by atoms with van der Waals surface area (Å²) < 4.78 is 12.9. The van der Waals surface area contributed by atoms with Gasteiger partial charge in [0.25, 0.3) is 0 Å². The van der Waals surface area contributed by atoms with E-state index >= 15 is 0 Å². The van der Waals surface area contributed by atoms with Gasteiger partial charge >= 0.3 is 6.03 Å². The maximum absolute atomic E-state index is 12.9. The van der Waals surface area contributed by atoms with Gasteiger partial charge in [-0.05, 0) is 42.8 Å². The first-order valence-electron chi connectivity index (χ1n) is 8.38. The standard InChI is InChI=1S/C18H23FN4OS/c1-22-8-10-23(11-9-22)16(17-3-2-12-25-17)13-20-18(24)21-15-6-4-14(19)5-7-15/h2-7,12,16H,8-11,13H2,1H3,(H2,20,21,24)/t16-/m0/s1. The van der Waals surface area contributed by atoms with Crippen molar-refractivity contribution in [1.82, 2.24) is 15.1 Å². The molecule has 1 aromatic heterocycles. The second-order valence-corrected chi connectivity index (χ2v) is 7.19. The van der Waals surface area contributed by atoms with Crippen LogP contribution < -0.4 is 10.6 Å². The molecule has 0 radical (unpaired) electrons. The minimum atomic E-state index is -0.321. The molecule has 1 fully saturated rings. The van der Waals surface area contributed by atoms with Gasteiger partial charge in [0.05, 0.1) is 6.04 Å². The first kappa shape index (κ1) is 17.8. The van der Waals surface area contributed by atoms with Crippen molar-refractivity contribution in [3.63, 3.8) is 0 Å². The highest BCUT2D eigenvalue weighted by Crippen LogP contribution is 2.25. The topological polar surface area (TPSA) is 47.6 Å². The van der Waals surface area contributed by atoms with Gasteiger partial charge in [-0.25, -0.2) is 9.18 Å². The summed E-state index contributed by atoms with van der Waals surface area (Å²) in [5.74, 6) is -0.321. The molecule has 2 heterocycles. The zero-order valence-corrected chi connectivity index (χ0v) is 15.1. The zero-order valence-electron chi connectivity index (χ0n) is 14.2. The second kappa shape index (κ2) is 8.42. The van der Waals surface area contributed by atoms with E-state index in [2.05, 4.69) is 38.9 Å². The molecule has 2 amide bonds. The lowest BCUT2D eigenvalue weighted by atomic mass is 10.1. The van der Waals surface area contributed by atoms with Crippen LogP contribution in [0.5, 0.6) is 0 Å². The van der Waals surface area contributed by atoms with Crippen LogP contribution in [0.1, 0.15) is 10.9 Å². The van der Waals surface area contributed by atoms with E-state index in [-0.39, 0.29) is 17.9 Å². The van der Waals surface area contributed by atoms with Crippen LogP contribution >= 0.6 is 11.3 Å². The van der Waals surface area contributed by atoms with Crippen molar-refractivity contribution in [3.8, 4) is 0 Å². The van der Waals surface area contributed by atoms with E-state index in [1.807, 2.05) is 6.07 Å². The van der Waals surface area contributed by atoms with Crippen molar-refractivity contribution in [2.45, 2.75) is 6.04 Å². The van der Waals surface area contributed by atoms with Gasteiger partial charge in [-0.15, -0.1) is 11.3 Å². The van der Waals surface area contributed by atoms with Crippen LogP contribution in [0.4, 0.5) is 14.9 Å². The Balaban J connectivity index is 1.58. The maximum atomic E-state index is 12.9. The number of urea groups is 1. The Morgan fingerprint density at radius 2 is 1.92 bits per heavy atom. The third-order valence-electron chi connectivity index (χ3n) is 4.41. The van der Waals surface area contributed by atoms with E-state index in [0.29, 0.717) is 12.2 Å². The first-order valence-corrected chi connectivity index (χ1v) is 9.26. The van der Waals surface area contributed by atoms with Crippen LogP contribution in [0.2, 0.25) is 0 Å². The highest BCUT2D eigenvalue weighted by Gasteiger charge is 2.25. The summed E-state index contributed by atoms with van der Waals surface area (Å²) in [6.45, 7) is 4.57. The van der Waals surface area contributed by atoms with Crippen LogP contribution in [-0.4, -0.2) is 55.6 Å². The third-order valence-corrected chi connectivity index (χ3v) is 5.38. The minimum absolute atomic E-state index is 0.174. The number of rotatable bonds is 5. The molecule has 25 heavy (non-hydrogen) atoms. The molecule has 7 heteroatoms. The van der Waals surface area contributed by atoms with Crippen LogP contribution in [0, 0.1) is 5.82 Å². The van der Waals surface area contributed by atoms with Crippen molar-refractivity contribution >= 4 is 23.1 Å². The van der Waals surface area contributed by atoms with E-state index in [4.69, 9.17) is 0 Å². The molecule has 1 aliphatic rings. The number of likely N-dealkylation sites (N-methyl/N-ethyl adjacent to an activating group) is 1. The molecule has 0 aliphatic carbocycles. The highest BCUT2D eigenvalue weighted by atomic mass is 32.1. The lowest BCUT2D eigenvalue weighted by Gasteiger charge is -2.37. The quantitative estimate of drug-likeness (QED) is 0.860. The molecule has 1 aromatic carbocycles. The van der Waals surface area contributed by atoms with Gasteiger partial charge < -0.3 is 15.5 Å². The second-order valence-electron chi connectivity index (χ2n) is 6.21. The van der Waals surface area contributed by atoms with E-state index in [1.165, 1.54) is 17.0 Å². The number of hydrogen-bond acceptors (Lipinski definition) is 4. The summed E-state index contributed by atoms with van der Waals surface area (Å²) in [6, 6.07) is 9.81. The highest BCUT2D eigenvalue weighted by molar-refractivity contribution is 7.10. The Kier molecular flexibility index (Phi) is 6.01. The Bertz CT molecular complexity index is 669. The Morgan fingerprint density at radius 3 is 2.56 bits per heavy atom. The van der Waals surface area contributed by atoms with Gasteiger partial charge in [0.1, 0.15) is 5.82 Å². The molecule has 0 spiro atoms. The summed E-state index contributed by atoms with van der Waals surface area (Å²) in [7, 11) is 2.13. The molecule has 0 bridgehead atoms. The average molecular weight is 362 g/mol. The Morgan fingerprint density at radius 1 is 1.20 bits per heavy atom. The molecule has 2 aromatic rings. The van der Waals surface area contributed by atoms with Crippen molar-refractivity contribution in [1.29, 1.82) is 0 Å². The van der Waals surface area contributed by atoms with E-state index < -0.39 is 0 Å². The van der Waals surface area contributed by atoms with Gasteiger partial charge in [0, 0.05) is 43.3 Å². The Labute approximate surface area is 151 Å². The zero-order chi connectivity index (χ0) is 17.6. The normalized spacial score (nSPS) is 17.2. The molecule has 2 N–H and O–H groups in total. The molecule has 5 nitrogen and oxygen atoms in total. The fourth-order valence-corrected chi connectivity index (χ4v) is 3.78. The van der Waals surface area contributed by atoms with Crippen LogP contribution in [0.25, 0.3) is 0 Å². The van der Waals surface area contributed by atoms with Crippen LogP contribution in [0.15, 0.2) is 41.8 Å². The van der Waals surface area contributed by atoms with Crippen LogP contribution in [-0.2, 0) is 0 Å². The summed E-state index contributed by atoms with van der Waals surface area (Å²) in [5.41, 5.74) is 0.575. The predicted molar refractivity (Wildman–Crippen MR) is 99.6 cm³/mol. The van der Waals surface area contributed by atoms with Gasteiger partial charge in [0.2, 0.25) is 0 Å². The number of nitrogens with one attached hydrogen (secondary N) is 2. The number of carbonyl (C=O) groups excluding carboxylic acids is 1. The van der Waals surface area contributed by atoms with Gasteiger partial charge in [0.15, 0.2) is 0 Å². The van der Waals surface area contributed by atoms with Crippen molar-refractivity contribution in [3.05, 3.63) is 52.5 Å². The number of carbonyl (C=O) groups is 1. The molecular weight excluding hydrogens is 339 g/mol. The molecule has 134 valence electrons. The van der Waals surface area contributed by atoms with E-state index in [9.17, 15) is 9.18 Å². The number of hydrogen-bond donors (Lipinski definition) is 2. The summed E-state index contributed by atoms with van der Waals surface area (Å²) in [4.78, 5) is 18.2. The SMILES string of the molecule is CN1CCN([C@@H](CNC(=O)Nc2ccc(F)cc2)c2cccs2)CC1. The van der Waals surface area contributed by atoms with Gasteiger partial charge in [-0.2, -0.15) is 0 Å². The van der Waals surface area contributed by atoms with E-state index in [0.717, 1.165) is 26.2 Å². The van der Waals surface area contributed by atoms with Crippen molar-refractivity contribution in [2.75, 3.05) is 45.1 Å². The first-order chi connectivity index (χ1) is 12.1. The van der Waals surface area contributed by atoms with Crippen molar-refractivity contribution < 1.29 is 9.18 Å². The molecular formula is C18H23FN4OS. The largest absolute Gasteiger partial charge is 0.336 e. The summed E-state index contributed by atoms with van der Waals surface area (Å²) in [5, 5.41) is 7.76. The molecule has 1 atom stereocenters. The molecule has 0 unspecified atom stereocenters.